The number of nitrogens with one attached hydrogen (secondary N) is 1. The largest absolute Gasteiger partial charge is 0.493 e. The summed E-state index contributed by atoms with van der Waals surface area (Å²) < 4.78 is 24.1. The minimum Gasteiger partial charge on any atom is -0.493 e. The topological polar surface area (TPSA) is 60.5 Å². The van der Waals surface area contributed by atoms with Crippen molar-refractivity contribution in [3.63, 3.8) is 0 Å². The summed E-state index contributed by atoms with van der Waals surface area (Å²) in [5.74, 6) is 0.699. The number of halogens is 1. The van der Waals surface area contributed by atoms with Gasteiger partial charge in [0.1, 0.15) is 5.82 Å². The van der Waals surface area contributed by atoms with E-state index < -0.39 is 0 Å². The molecule has 1 N–H and O–H groups in total. The number of rotatable bonds is 8. The molecule has 5 nitrogen and oxygen atoms in total. The highest BCUT2D eigenvalue weighted by atomic mass is 32.1. The lowest BCUT2D eigenvalue weighted by Gasteiger charge is -2.10. The number of hydrogen-bond acceptors (Lipinski definition) is 5. The number of thiazole rings is 1. The minimum atomic E-state index is -0.299. The zero-order valence-electron chi connectivity index (χ0n) is 17.1. The van der Waals surface area contributed by atoms with Crippen LogP contribution in [-0.2, 0) is 4.79 Å². The zero-order chi connectivity index (χ0) is 21.5. The van der Waals surface area contributed by atoms with Crippen LogP contribution in [0.1, 0.15) is 23.8 Å². The van der Waals surface area contributed by atoms with Gasteiger partial charge in [0.25, 0.3) is 0 Å². The Balaban J connectivity index is 1.68. The maximum Gasteiger partial charge on any atom is 0.250 e. The molecule has 0 spiro atoms. The fourth-order valence-electron chi connectivity index (χ4n) is 2.76. The third-order valence-corrected chi connectivity index (χ3v) is 5.11. The van der Waals surface area contributed by atoms with E-state index >= 15 is 0 Å². The highest BCUT2D eigenvalue weighted by Gasteiger charge is 2.11. The number of hydrogen-bond donors (Lipinski definition) is 1. The molecule has 156 valence electrons. The van der Waals surface area contributed by atoms with Crippen LogP contribution in [0.5, 0.6) is 11.5 Å². The van der Waals surface area contributed by atoms with Crippen LogP contribution >= 0.6 is 11.3 Å². The maximum absolute atomic E-state index is 13.1. The van der Waals surface area contributed by atoms with Gasteiger partial charge in [0.05, 0.1) is 19.4 Å². The standard InChI is InChI=1S/C23H23FN2O3S/c1-4-13-29-19-11-5-16(14-20(19)28-3)6-12-21(27)25-23-26-22(15(2)30-23)17-7-9-18(24)10-8-17/h5-12,14H,4,13H2,1-3H3,(H,25,26,27)/b12-6+. The van der Waals surface area contributed by atoms with Crippen LogP contribution in [0.25, 0.3) is 17.3 Å². The molecule has 0 saturated carbocycles. The summed E-state index contributed by atoms with van der Waals surface area (Å²) in [5.41, 5.74) is 2.35. The Morgan fingerprint density at radius 1 is 1.20 bits per heavy atom. The van der Waals surface area contributed by atoms with E-state index in [0.717, 1.165) is 28.1 Å². The van der Waals surface area contributed by atoms with E-state index in [9.17, 15) is 9.18 Å². The van der Waals surface area contributed by atoms with E-state index in [1.165, 1.54) is 29.5 Å². The Morgan fingerprint density at radius 2 is 1.97 bits per heavy atom. The summed E-state index contributed by atoms with van der Waals surface area (Å²) in [6, 6.07) is 11.6. The average molecular weight is 427 g/mol. The normalized spacial score (nSPS) is 10.9. The van der Waals surface area contributed by atoms with Crippen LogP contribution in [0.15, 0.2) is 48.5 Å². The minimum absolute atomic E-state index is 0.292. The van der Waals surface area contributed by atoms with E-state index in [0.29, 0.717) is 23.2 Å². The highest BCUT2D eigenvalue weighted by Crippen LogP contribution is 2.31. The van der Waals surface area contributed by atoms with E-state index in [1.54, 1.807) is 25.3 Å². The number of carbonyl (C=O) groups is 1. The van der Waals surface area contributed by atoms with E-state index in [-0.39, 0.29) is 11.7 Å². The summed E-state index contributed by atoms with van der Waals surface area (Å²) in [7, 11) is 1.58. The molecule has 1 amide bonds. The van der Waals surface area contributed by atoms with Crippen molar-refractivity contribution in [2.75, 3.05) is 19.0 Å². The second-order valence-corrected chi connectivity index (χ2v) is 7.72. The van der Waals surface area contributed by atoms with Crippen molar-refractivity contribution in [3.8, 4) is 22.8 Å². The number of anilines is 1. The first-order chi connectivity index (χ1) is 14.5. The van der Waals surface area contributed by atoms with Gasteiger partial charge in [-0.1, -0.05) is 13.0 Å². The molecule has 1 aromatic heterocycles. The van der Waals surface area contributed by atoms with Gasteiger partial charge in [-0.3, -0.25) is 10.1 Å². The van der Waals surface area contributed by atoms with Crippen LogP contribution in [0, 0.1) is 12.7 Å². The average Bonchev–Trinajstić information content (AvgIpc) is 3.11. The number of aryl methyl sites for hydroxylation is 1. The van der Waals surface area contributed by atoms with Gasteiger partial charge in [-0.25, -0.2) is 9.37 Å². The van der Waals surface area contributed by atoms with Gasteiger partial charge in [-0.2, -0.15) is 0 Å². The second kappa shape index (κ2) is 10.0. The Bertz CT molecular complexity index is 1050. The third-order valence-electron chi connectivity index (χ3n) is 4.22. The zero-order valence-corrected chi connectivity index (χ0v) is 17.9. The molecule has 0 aliphatic rings. The third kappa shape index (κ3) is 5.45. The lowest BCUT2D eigenvalue weighted by Crippen LogP contribution is -2.07. The van der Waals surface area contributed by atoms with Crippen LogP contribution in [0.3, 0.4) is 0 Å². The molecule has 7 heteroatoms. The van der Waals surface area contributed by atoms with Gasteiger partial charge >= 0.3 is 0 Å². The van der Waals surface area contributed by atoms with Crippen molar-refractivity contribution in [2.24, 2.45) is 0 Å². The monoisotopic (exact) mass is 426 g/mol. The molecule has 0 unspecified atom stereocenters. The van der Waals surface area contributed by atoms with Gasteiger partial charge < -0.3 is 9.47 Å². The molecule has 0 radical (unpaired) electrons. The summed E-state index contributed by atoms with van der Waals surface area (Å²) in [6.45, 7) is 4.56. The Morgan fingerprint density at radius 3 is 2.67 bits per heavy atom. The van der Waals surface area contributed by atoms with Crippen LogP contribution in [0.2, 0.25) is 0 Å². The fraction of sp³-hybridized carbons (Fsp3) is 0.217. The lowest BCUT2D eigenvalue weighted by molar-refractivity contribution is -0.111. The number of ether oxygens (including phenoxy) is 2. The number of nitrogens with zero attached hydrogens (tertiary/aromatic N) is 1. The molecule has 0 bridgehead atoms. The first-order valence-electron chi connectivity index (χ1n) is 9.53. The molecular formula is C23H23FN2O3S. The van der Waals surface area contributed by atoms with Crippen molar-refractivity contribution in [1.29, 1.82) is 0 Å². The quantitative estimate of drug-likeness (QED) is 0.469. The van der Waals surface area contributed by atoms with Gasteiger partial charge in [0, 0.05) is 16.5 Å². The molecule has 3 aromatic rings. The van der Waals surface area contributed by atoms with Gasteiger partial charge in [0.15, 0.2) is 16.6 Å². The van der Waals surface area contributed by atoms with Gasteiger partial charge in [-0.05, 0) is 61.4 Å². The van der Waals surface area contributed by atoms with Crippen molar-refractivity contribution in [2.45, 2.75) is 20.3 Å². The lowest BCUT2D eigenvalue weighted by atomic mass is 10.1. The van der Waals surface area contributed by atoms with Crippen LogP contribution < -0.4 is 14.8 Å². The molecule has 0 aliphatic heterocycles. The fourth-order valence-corrected chi connectivity index (χ4v) is 3.60. The smallest absolute Gasteiger partial charge is 0.250 e. The summed E-state index contributed by atoms with van der Waals surface area (Å²) >= 11 is 1.37. The molecule has 0 aliphatic carbocycles. The Labute approximate surface area is 179 Å². The molecule has 2 aromatic carbocycles. The van der Waals surface area contributed by atoms with E-state index in [2.05, 4.69) is 10.3 Å². The Hall–Kier alpha value is -3.19. The van der Waals surface area contributed by atoms with Crippen LogP contribution in [-0.4, -0.2) is 24.6 Å². The second-order valence-electron chi connectivity index (χ2n) is 6.51. The number of carbonyl (C=O) groups excluding carboxylic acids is 1. The maximum atomic E-state index is 13.1. The summed E-state index contributed by atoms with van der Waals surface area (Å²) in [6.07, 6.45) is 4.04. The van der Waals surface area contributed by atoms with Gasteiger partial charge in [0.2, 0.25) is 5.91 Å². The molecule has 1 heterocycles. The first-order valence-corrected chi connectivity index (χ1v) is 10.3. The van der Waals surface area contributed by atoms with E-state index in [1.807, 2.05) is 32.0 Å². The van der Waals surface area contributed by atoms with Crippen LogP contribution in [0.4, 0.5) is 9.52 Å². The molecule has 0 fully saturated rings. The summed E-state index contributed by atoms with van der Waals surface area (Å²) in [4.78, 5) is 17.7. The Kier molecular flexibility index (Phi) is 7.19. The SMILES string of the molecule is CCCOc1ccc(/C=C/C(=O)Nc2nc(-c3ccc(F)cc3)c(C)s2)cc1OC. The number of benzene rings is 2. The number of methoxy groups -OCH3 is 1. The van der Waals surface area contributed by atoms with Crippen molar-refractivity contribution in [3.05, 3.63) is 64.8 Å². The highest BCUT2D eigenvalue weighted by molar-refractivity contribution is 7.16. The molecular weight excluding hydrogens is 403 g/mol. The molecule has 3 rings (SSSR count). The molecule has 0 atom stereocenters. The first kappa shape index (κ1) is 21.5. The molecule has 30 heavy (non-hydrogen) atoms. The summed E-state index contributed by atoms with van der Waals surface area (Å²) in [5, 5.41) is 3.26. The number of aromatic nitrogens is 1. The van der Waals surface area contributed by atoms with Crippen molar-refractivity contribution >= 4 is 28.5 Å². The molecule has 0 saturated heterocycles. The predicted octanol–water partition coefficient (Wildman–Crippen LogP) is 5.71. The van der Waals surface area contributed by atoms with Crippen molar-refractivity contribution < 1.29 is 18.7 Å². The van der Waals surface area contributed by atoms with E-state index in [4.69, 9.17) is 9.47 Å². The van der Waals surface area contributed by atoms with Crippen molar-refractivity contribution in [1.82, 2.24) is 4.98 Å². The predicted molar refractivity (Wildman–Crippen MR) is 119 cm³/mol. The number of amides is 1. The van der Waals surface area contributed by atoms with Gasteiger partial charge in [-0.15, -0.1) is 11.3 Å².